The van der Waals surface area contributed by atoms with E-state index in [2.05, 4.69) is 9.88 Å². The summed E-state index contributed by atoms with van der Waals surface area (Å²) in [6.07, 6.45) is 2.78. The van der Waals surface area contributed by atoms with E-state index in [-0.39, 0.29) is 10.6 Å². The molecule has 4 heterocycles. The highest BCUT2D eigenvalue weighted by Gasteiger charge is 2.21. The van der Waals surface area contributed by atoms with Crippen molar-refractivity contribution in [3.63, 3.8) is 0 Å². The van der Waals surface area contributed by atoms with E-state index in [0.717, 1.165) is 47.2 Å². The van der Waals surface area contributed by atoms with Gasteiger partial charge in [0.05, 0.1) is 27.6 Å². The van der Waals surface area contributed by atoms with Gasteiger partial charge in [-0.05, 0) is 29.6 Å². The molecule has 0 N–H and O–H groups in total. The number of thiophene rings is 1. The van der Waals surface area contributed by atoms with E-state index in [0.29, 0.717) is 17.9 Å². The van der Waals surface area contributed by atoms with E-state index in [9.17, 15) is 10.1 Å². The Labute approximate surface area is 176 Å². The van der Waals surface area contributed by atoms with Crippen molar-refractivity contribution in [1.29, 1.82) is 0 Å². The number of nitro groups is 1. The second-order valence-corrected chi connectivity index (χ2v) is 8.09. The van der Waals surface area contributed by atoms with Crippen LogP contribution in [0.3, 0.4) is 0 Å². The van der Waals surface area contributed by atoms with Crippen LogP contribution in [0.25, 0.3) is 22.0 Å². The number of hydrogen-bond donors (Lipinski definition) is 0. The first-order valence-corrected chi connectivity index (χ1v) is 10.5. The summed E-state index contributed by atoms with van der Waals surface area (Å²) in [6.45, 7) is 2.25. The summed E-state index contributed by atoms with van der Waals surface area (Å²) in [4.78, 5) is 23.5. The summed E-state index contributed by atoms with van der Waals surface area (Å²) in [5, 5.41) is 13.3. The molecule has 7 nitrogen and oxygen atoms in total. The largest absolute Gasteiger partial charge is 0.459 e. The van der Waals surface area contributed by atoms with Crippen LogP contribution in [0.2, 0.25) is 0 Å². The number of nitro benzene ring substituents is 1. The van der Waals surface area contributed by atoms with Gasteiger partial charge in [0.15, 0.2) is 5.82 Å². The predicted octanol–water partition coefficient (Wildman–Crippen LogP) is 4.93. The Hall–Kier alpha value is -3.36. The number of aromatic nitrogens is 2. The van der Waals surface area contributed by atoms with Crippen LogP contribution in [0.4, 0.5) is 5.69 Å². The molecule has 150 valence electrons. The SMILES string of the molecule is O=[N+]([O-])c1ccccc1-c1ccc(CN2CCc3nc(-c4cccs4)ncc3C2)o1. The minimum absolute atomic E-state index is 0.0454. The first kappa shape index (κ1) is 18.7. The van der Waals surface area contributed by atoms with E-state index in [1.165, 1.54) is 6.07 Å². The maximum absolute atomic E-state index is 11.3. The molecule has 0 radical (unpaired) electrons. The third-order valence-corrected chi connectivity index (χ3v) is 6.03. The van der Waals surface area contributed by atoms with Crippen molar-refractivity contribution < 1.29 is 9.34 Å². The van der Waals surface area contributed by atoms with Crippen LogP contribution in [0, 0.1) is 10.1 Å². The molecule has 0 fully saturated rings. The van der Waals surface area contributed by atoms with Crippen LogP contribution in [0.1, 0.15) is 17.0 Å². The van der Waals surface area contributed by atoms with Crippen molar-refractivity contribution >= 4 is 17.0 Å². The predicted molar refractivity (Wildman–Crippen MR) is 114 cm³/mol. The van der Waals surface area contributed by atoms with Crippen molar-refractivity contribution in [2.75, 3.05) is 6.54 Å². The fourth-order valence-corrected chi connectivity index (χ4v) is 4.37. The topological polar surface area (TPSA) is 85.3 Å². The number of fused-ring (bicyclic) bond motifs is 1. The molecule has 0 bridgehead atoms. The third kappa shape index (κ3) is 3.62. The van der Waals surface area contributed by atoms with Crippen molar-refractivity contribution in [3.8, 4) is 22.0 Å². The summed E-state index contributed by atoms with van der Waals surface area (Å²) < 4.78 is 5.94. The molecule has 1 aliphatic rings. The number of benzene rings is 1. The van der Waals surface area contributed by atoms with Gasteiger partial charge in [0.1, 0.15) is 11.5 Å². The number of hydrogen-bond acceptors (Lipinski definition) is 7. The molecule has 1 aliphatic heterocycles. The molecule has 4 aromatic rings. The van der Waals surface area contributed by atoms with Gasteiger partial charge >= 0.3 is 0 Å². The van der Waals surface area contributed by atoms with Gasteiger partial charge in [0.2, 0.25) is 0 Å². The molecule has 0 saturated carbocycles. The number of nitrogens with zero attached hydrogens (tertiary/aromatic N) is 4. The summed E-state index contributed by atoms with van der Waals surface area (Å²) in [7, 11) is 0. The number of furan rings is 1. The lowest BCUT2D eigenvalue weighted by atomic mass is 10.1. The van der Waals surface area contributed by atoms with Gasteiger partial charge in [-0.2, -0.15) is 0 Å². The summed E-state index contributed by atoms with van der Waals surface area (Å²) in [6, 6.07) is 14.4. The van der Waals surface area contributed by atoms with E-state index in [4.69, 9.17) is 9.40 Å². The molecular weight excluding hydrogens is 400 g/mol. The van der Waals surface area contributed by atoms with Crippen LogP contribution >= 0.6 is 11.3 Å². The normalized spacial score (nSPS) is 13.9. The van der Waals surface area contributed by atoms with Gasteiger partial charge in [-0.1, -0.05) is 18.2 Å². The molecule has 1 aromatic carbocycles. The van der Waals surface area contributed by atoms with E-state index >= 15 is 0 Å². The van der Waals surface area contributed by atoms with Crippen molar-refractivity contribution in [2.45, 2.75) is 19.5 Å². The first-order chi connectivity index (χ1) is 14.7. The van der Waals surface area contributed by atoms with Gasteiger partial charge in [-0.3, -0.25) is 15.0 Å². The van der Waals surface area contributed by atoms with Gasteiger partial charge in [-0.15, -0.1) is 11.3 Å². The molecule has 5 rings (SSSR count). The zero-order valence-electron chi connectivity index (χ0n) is 16.0. The maximum Gasteiger partial charge on any atom is 0.280 e. The van der Waals surface area contributed by atoms with E-state index in [1.807, 2.05) is 29.8 Å². The van der Waals surface area contributed by atoms with Crippen LogP contribution in [-0.4, -0.2) is 26.3 Å². The van der Waals surface area contributed by atoms with Gasteiger partial charge in [0, 0.05) is 37.3 Å². The Bertz CT molecular complexity index is 1200. The second-order valence-electron chi connectivity index (χ2n) is 7.14. The molecule has 0 saturated heterocycles. The summed E-state index contributed by atoms with van der Waals surface area (Å²) in [5.74, 6) is 2.08. The fourth-order valence-electron chi connectivity index (χ4n) is 3.70. The smallest absolute Gasteiger partial charge is 0.280 e. The monoisotopic (exact) mass is 418 g/mol. The average Bonchev–Trinajstić information content (AvgIpc) is 3.46. The Morgan fingerprint density at radius 1 is 1.17 bits per heavy atom. The van der Waals surface area contributed by atoms with E-state index in [1.54, 1.807) is 35.6 Å². The Morgan fingerprint density at radius 3 is 2.90 bits per heavy atom. The molecule has 3 aromatic heterocycles. The van der Waals surface area contributed by atoms with Crippen LogP contribution < -0.4 is 0 Å². The van der Waals surface area contributed by atoms with E-state index < -0.39 is 0 Å². The van der Waals surface area contributed by atoms with Crippen molar-refractivity contribution in [1.82, 2.24) is 14.9 Å². The van der Waals surface area contributed by atoms with Gasteiger partial charge < -0.3 is 4.42 Å². The fraction of sp³-hybridized carbons (Fsp3) is 0.182. The molecule has 0 unspecified atom stereocenters. The summed E-state index contributed by atoms with van der Waals surface area (Å²) in [5.41, 5.74) is 2.77. The molecule has 0 amide bonds. The minimum Gasteiger partial charge on any atom is -0.459 e. The van der Waals surface area contributed by atoms with Crippen molar-refractivity contribution in [2.24, 2.45) is 0 Å². The average molecular weight is 418 g/mol. The lowest BCUT2D eigenvalue weighted by Crippen LogP contribution is -2.30. The molecule has 0 atom stereocenters. The lowest BCUT2D eigenvalue weighted by molar-refractivity contribution is -0.384. The molecule has 0 aliphatic carbocycles. The standard InChI is InChI=1S/C22H18N4O3S/c27-26(28)19-5-2-1-4-17(19)20-8-7-16(29-20)14-25-10-9-18-15(13-25)12-23-22(24-18)21-6-3-11-30-21/h1-8,11-12H,9-10,13-14H2. The second kappa shape index (κ2) is 7.81. The quantitative estimate of drug-likeness (QED) is 0.337. The highest BCUT2D eigenvalue weighted by molar-refractivity contribution is 7.13. The van der Waals surface area contributed by atoms with Crippen LogP contribution in [0.15, 0.2) is 64.5 Å². The van der Waals surface area contributed by atoms with Crippen molar-refractivity contribution in [3.05, 3.63) is 87.2 Å². The maximum atomic E-state index is 11.3. The van der Waals surface area contributed by atoms with Gasteiger partial charge in [-0.25, -0.2) is 9.97 Å². The minimum atomic E-state index is -0.385. The lowest BCUT2D eigenvalue weighted by Gasteiger charge is -2.27. The highest BCUT2D eigenvalue weighted by Crippen LogP contribution is 2.31. The van der Waals surface area contributed by atoms with Crippen LogP contribution in [-0.2, 0) is 19.5 Å². The highest BCUT2D eigenvalue weighted by atomic mass is 32.1. The molecular formula is C22H18N4O3S. The van der Waals surface area contributed by atoms with Gasteiger partial charge in [0.25, 0.3) is 5.69 Å². The number of para-hydroxylation sites is 1. The van der Waals surface area contributed by atoms with Crippen LogP contribution in [0.5, 0.6) is 0 Å². The first-order valence-electron chi connectivity index (χ1n) is 9.61. The zero-order chi connectivity index (χ0) is 20.5. The number of rotatable bonds is 5. The molecule has 30 heavy (non-hydrogen) atoms. The Morgan fingerprint density at radius 2 is 2.07 bits per heavy atom. The molecule has 8 heteroatoms. The molecule has 0 spiro atoms. The Kier molecular flexibility index (Phi) is 4.86. The zero-order valence-corrected chi connectivity index (χ0v) is 16.8. The third-order valence-electron chi connectivity index (χ3n) is 5.16. The summed E-state index contributed by atoms with van der Waals surface area (Å²) >= 11 is 1.64. The Balaban J connectivity index is 1.31.